The molecule has 0 saturated carbocycles. The first-order valence-electron chi connectivity index (χ1n) is 8.53. The van der Waals surface area contributed by atoms with E-state index in [0.717, 1.165) is 12.2 Å². The number of nitro groups is 1. The van der Waals surface area contributed by atoms with Gasteiger partial charge in [0.25, 0.3) is 11.6 Å². The zero-order valence-corrected chi connectivity index (χ0v) is 15.8. The Labute approximate surface area is 157 Å². The Hall–Kier alpha value is -3.29. The molecule has 0 aromatic heterocycles. The van der Waals surface area contributed by atoms with Gasteiger partial charge in [-0.3, -0.25) is 14.9 Å². The van der Waals surface area contributed by atoms with Crippen molar-refractivity contribution in [3.63, 3.8) is 0 Å². The maximum Gasteiger partial charge on any atom is 0.286 e. The molecule has 2 rings (SSSR count). The van der Waals surface area contributed by atoms with Gasteiger partial charge >= 0.3 is 0 Å². The topological polar surface area (TPSA) is 93.9 Å². The van der Waals surface area contributed by atoms with E-state index in [1.807, 2.05) is 31.0 Å². The van der Waals surface area contributed by atoms with Crippen molar-refractivity contribution in [2.24, 2.45) is 0 Å². The predicted octanol–water partition coefficient (Wildman–Crippen LogP) is 3.71. The van der Waals surface area contributed by atoms with Crippen LogP contribution in [0, 0.1) is 10.1 Å². The average Bonchev–Trinajstić information content (AvgIpc) is 2.67. The number of carbonyl (C=O) groups is 1. The van der Waals surface area contributed by atoms with Crippen molar-refractivity contribution in [1.29, 1.82) is 0 Å². The number of carbonyl (C=O) groups excluding carboxylic acids is 1. The average molecular weight is 373 g/mol. The van der Waals surface area contributed by atoms with Crippen molar-refractivity contribution < 1.29 is 19.2 Å². The number of benzene rings is 2. The molecule has 0 saturated heterocycles. The minimum absolute atomic E-state index is 0.102. The zero-order valence-electron chi connectivity index (χ0n) is 15.8. The Morgan fingerprint density at radius 1 is 1.22 bits per heavy atom. The number of hydrogen-bond donors (Lipinski definition) is 1. The lowest BCUT2D eigenvalue weighted by molar-refractivity contribution is -0.385. The molecular weight excluding hydrogens is 350 g/mol. The van der Waals surface area contributed by atoms with Crippen LogP contribution in [0.25, 0.3) is 0 Å². The molecule has 1 amide bonds. The van der Waals surface area contributed by atoms with Crippen molar-refractivity contribution in [1.82, 2.24) is 0 Å². The van der Waals surface area contributed by atoms with Crippen LogP contribution >= 0.6 is 0 Å². The van der Waals surface area contributed by atoms with Gasteiger partial charge < -0.3 is 19.7 Å². The van der Waals surface area contributed by atoms with Crippen molar-refractivity contribution in [3.8, 4) is 11.5 Å². The van der Waals surface area contributed by atoms with E-state index in [4.69, 9.17) is 9.47 Å². The first kappa shape index (κ1) is 20.0. The van der Waals surface area contributed by atoms with Crippen LogP contribution in [0.3, 0.4) is 0 Å². The lowest BCUT2D eigenvalue weighted by Gasteiger charge is -2.18. The van der Waals surface area contributed by atoms with Crippen LogP contribution in [0.15, 0.2) is 36.4 Å². The van der Waals surface area contributed by atoms with Crippen LogP contribution in [0.1, 0.15) is 24.2 Å². The number of anilines is 2. The normalized spacial score (nSPS) is 10.2. The number of ether oxygens (including phenoxy) is 2. The second-order valence-corrected chi connectivity index (χ2v) is 5.73. The van der Waals surface area contributed by atoms with E-state index >= 15 is 0 Å². The molecule has 8 heteroatoms. The molecule has 0 aliphatic rings. The van der Waals surface area contributed by atoms with Gasteiger partial charge in [0.05, 0.1) is 24.7 Å². The first-order chi connectivity index (χ1) is 12.9. The number of nitro benzene ring substituents is 1. The minimum atomic E-state index is -0.613. The Morgan fingerprint density at radius 2 is 1.96 bits per heavy atom. The third-order valence-corrected chi connectivity index (χ3v) is 4.04. The maximum absolute atomic E-state index is 12.7. The number of nitrogens with one attached hydrogen (secondary N) is 1. The van der Waals surface area contributed by atoms with Gasteiger partial charge in [0.15, 0.2) is 11.5 Å². The first-order valence-corrected chi connectivity index (χ1v) is 8.53. The number of methoxy groups -OCH3 is 1. The summed E-state index contributed by atoms with van der Waals surface area (Å²) in [4.78, 5) is 25.5. The fourth-order valence-electron chi connectivity index (χ4n) is 2.51. The van der Waals surface area contributed by atoms with Crippen LogP contribution in [0.4, 0.5) is 17.1 Å². The van der Waals surface area contributed by atoms with E-state index in [2.05, 4.69) is 5.32 Å². The van der Waals surface area contributed by atoms with E-state index in [-0.39, 0.29) is 22.7 Å². The summed E-state index contributed by atoms with van der Waals surface area (Å²) in [5, 5.41) is 14.1. The highest BCUT2D eigenvalue weighted by atomic mass is 16.6. The SMILES string of the molecule is CCOc1cc([N+](=O)[O-])c(C(=O)Nc2cccc(N(C)CC)c2)cc1OC. The van der Waals surface area contributed by atoms with E-state index < -0.39 is 10.8 Å². The van der Waals surface area contributed by atoms with Crippen LogP contribution in [0.5, 0.6) is 11.5 Å². The lowest BCUT2D eigenvalue weighted by Crippen LogP contribution is -2.17. The van der Waals surface area contributed by atoms with Crippen molar-refractivity contribution in [2.45, 2.75) is 13.8 Å². The predicted molar refractivity (Wildman–Crippen MR) is 104 cm³/mol. The van der Waals surface area contributed by atoms with Gasteiger partial charge in [-0.05, 0) is 32.0 Å². The molecule has 0 atom stereocenters. The Bertz CT molecular complexity index is 838. The molecule has 0 aliphatic carbocycles. The summed E-state index contributed by atoms with van der Waals surface area (Å²) in [5.41, 5.74) is 1.02. The highest BCUT2D eigenvalue weighted by Gasteiger charge is 2.25. The van der Waals surface area contributed by atoms with Gasteiger partial charge in [0.2, 0.25) is 0 Å². The van der Waals surface area contributed by atoms with Crippen LogP contribution in [-0.2, 0) is 0 Å². The molecule has 0 fully saturated rings. The highest BCUT2D eigenvalue weighted by molar-refractivity contribution is 6.07. The largest absolute Gasteiger partial charge is 0.493 e. The summed E-state index contributed by atoms with van der Waals surface area (Å²) in [6, 6.07) is 9.78. The zero-order chi connectivity index (χ0) is 20.0. The van der Waals surface area contributed by atoms with Crippen LogP contribution in [0.2, 0.25) is 0 Å². The summed E-state index contributed by atoms with van der Waals surface area (Å²) >= 11 is 0. The maximum atomic E-state index is 12.7. The molecule has 0 bridgehead atoms. The van der Waals surface area contributed by atoms with Crippen molar-refractivity contribution >= 4 is 23.0 Å². The smallest absolute Gasteiger partial charge is 0.286 e. The molecule has 2 aromatic carbocycles. The summed E-state index contributed by atoms with van der Waals surface area (Å²) in [6.45, 7) is 4.89. The number of nitrogens with zero attached hydrogens (tertiary/aromatic N) is 2. The molecule has 144 valence electrons. The number of amides is 1. The van der Waals surface area contributed by atoms with E-state index in [0.29, 0.717) is 12.3 Å². The lowest BCUT2D eigenvalue weighted by atomic mass is 10.1. The molecule has 0 spiro atoms. The van der Waals surface area contributed by atoms with Gasteiger partial charge in [-0.15, -0.1) is 0 Å². The van der Waals surface area contributed by atoms with Crippen LogP contribution < -0.4 is 19.7 Å². The van der Waals surface area contributed by atoms with Crippen molar-refractivity contribution in [2.75, 3.05) is 37.5 Å². The Balaban J connectivity index is 2.39. The van der Waals surface area contributed by atoms with E-state index in [9.17, 15) is 14.9 Å². The van der Waals surface area contributed by atoms with E-state index in [1.165, 1.54) is 19.2 Å². The summed E-state index contributed by atoms with van der Waals surface area (Å²) in [5.74, 6) is -0.124. The third-order valence-electron chi connectivity index (χ3n) is 4.04. The molecule has 2 aromatic rings. The number of hydrogen-bond acceptors (Lipinski definition) is 6. The summed E-state index contributed by atoms with van der Waals surface area (Å²) < 4.78 is 10.6. The molecule has 8 nitrogen and oxygen atoms in total. The molecule has 0 radical (unpaired) electrons. The Morgan fingerprint density at radius 3 is 2.56 bits per heavy atom. The van der Waals surface area contributed by atoms with E-state index in [1.54, 1.807) is 19.1 Å². The van der Waals surface area contributed by atoms with Gasteiger partial charge in [0, 0.05) is 31.0 Å². The summed E-state index contributed by atoms with van der Waals surface area (Å²) in [6.07, 6.45) is 0. The van der Waals surface area contributed by atoms with Gasteiger partial charge in [-0.2, -0.15) is 0 Å². The van der Waals surface area contributed by atoms with Crippen molar-refractivity contribution in [3.05, 3.63) is 52.1 Å². The number of rotatable bonds is 8. The fourth-order valence-corrected chi connectivity index (χ4v) is 2.51. The molecule has 1 N–H and O–H groups in total. The van der Waals surface area contributed by atoms with Gasteiger partial charge in [-0.1, -0.05) is 6.07 Å². The minimum Gasteiger partial charge on any atom is -0.493 e. The molecule has 0 heterocycles. The van der Waals surface area contributed by atoms with Crippen LogP contribution in [-0.4, -0.2) is 38.1 Å². The molecule has 27 heavy (non-hydrogen) atoms. The second kappa shape index (κ2) is 8.88. The van der Waals surface area contributed by atoms with Gasteiger partial charge in [-0.25, -0.2) is 0 Å². The monoisotopic (exact) mass is 373 g/mol. The highest BCUT2D eigenvalue weighted by Crippen LogP contribution is 2.35. The quantitative estimate of drug-likeness (QED) is 0.560. The fraction of sp³-hybridized carbons (Fsp3) is 0.316. The van der Waals surface area contributed by atoms with Gasteiger partial charge in [0.1, 0.15) is 5.56 Å². The molecule has 0 unspecified atom stereocenters. The molecular formula is C19H23N3O5. The summed E-state index contributed by atoms with van der Waals surface area (Å²) in [7, 11) is 3.35. The second-order valence-electron chi connectivity index (χ2n) is 5.73. The molecule has 0 aliphatic heterocycles. The third kappa shape index (κ3) is 4.66. The Kier molecular flexibility index (Phi) is 6.59. The standard InChI is InChI=1S/C19H23N3O5/c1-5-21(3)14-9-7-8-13(10-14)20-19(23)15-11-17(26-4)18(27-6-2)12-16(15)22(24)25/h7-12H,5-6H2,1-4H3,(H,20,23).